The molecule has 0 bridgehead atoms. The van der Waals surface area contributed by atoms with Crippen LogP contribution in [0.4, 0.5) is 10.1 Å². The van der Waals surface area contributed by atoms with E-state index < -0.39 is 41.1 Å². The van der Waals surface area contributed by atoms with Crippen molar-refractivity contribution in [2.24, 2.45) is 5.41 Å². The van der Waals surface area contributed by atoms with Crippen molar-refractivity contribution in [3.05, 3.63) is 63.4 Å². The highest BCUT2D eigenvalue weighted by Gasteiger charge is 2.66. The number of aliphatic hydroxyl groups is 2. The Balaban J connectivity index is 1.68. The molecule has 9 heteroatoms. The molecule has 37 heavy (non-hydrogen) atoms. The summed E-state index contributed by atoms with van der Waals surface area (Å²) in [6.45, 7) is 8.02. The quantitative estimate of drug-likeness (QED) is 0.348. The molecule has 1 aliphatic carbocycles. The van der Waals surface area contributed by atoms with Gasteiger partial charge in [-0.2, -0.15) is 0 Å². The van der Waals surface area contributed by atoms with Gasteiger partial charge in [0, 0.05) is 33.7 Å². The summed E-state index contributed by atoms with van der Waals surface area (Å²) in [5, 5.41) is 32.3. The number of amides is 1. The van der Waals surface area contributed by atoms with E-state index in [0.717, 1.165) is 0 Å². The lowest BCUT2D eigenvalue weighted by molar-refractivity contribution is -0.122. The Morgan fingerprint density at radius 2 is 1.81 bits per heavy atom. The molecule has 5 N–H and O–H groups in total. The van der Waals surface area contributed by atoms with Crippen LogP contribution in [0.15, 0.2) is 36.4 Å². The summed E-state index contributed by atoms with van der Waals surface area (Å²) in [6, 6.07) is 8.36. The van der Waals surface area contributed by atoms with Crippen molar-refractivity contribution in [1.82, 2.24) is 10.6 Å². The molecule has 3 aliphatic rings. The fourth-order valence-corrected chi connectivity index (χ4v) is 7.06. The van der Waals surface area contributed by atoms with Crippen molar-refractivity contribution in [1.29, 1.82) is 0 Å². The molecule has 2 fully saturated rings. The summed E-state index contributed by atoms with van der Waals surface area (Å²) in [4.78, 5) is 14.1. The highest BCUT2D eigenvalue weighted by Crippen LogP contribution is 2.57. The summed E-state index contributed by atoms with van der Waals surface area (Å²) in [5.74, 6) is -1.55. The average Bonchev–Trinajstić information content (AvgIpc) is 3.22. The van der Waals surface area contributed by atoms with E-state index in [2.05, 4.69) is 36.7 Å². The third-order valence-corrected chi connectivity index (χ3v) is 8.54. The van der Waals surface area contributed by atoms with E-state index in [1.54, 1.807) is 25.1 Å². The fraction of sp³-hybridized carbons (Fsp3) is 0.536. The third kappa shape index (κ3) is 4.68. The van der Waals surface area contributed by atoms with Crippen molar-refractivity contribution in [2.45, 2.75) is 88.2 Å². The maximum Gasteiger partial charge on any atom is 0.237 e. The lowest BCUT2D eigenvalue weighted by atomic mass is 9.62. The maximum atomic E-state index is 15.6. The molecule has 1 amide bonds. The molecule has 2 heterocycles. The molecule has 5 atom stereocenters. The van der Waals surface area contributed by atoms with Crippen LogP contribution in [0.3, 0.4) is 0 Å². The van der Waals surface area contributed by atoms with Crippen LogP contribution in [0, 0.1) is 11.2 Å². The van der Waals surface area contributed by atoms with Gasteiger partial charge in [0.15, 0.2) is 0 Å². The van der Waals surface area contributed by atoms with Gasteiger partial charge in [0.25, 0.3) is 0 Å². The summed E-state index contributed by atoms with van der Waals surface area (Å²) in [5.41, 5.74) is -0.619. The first-order valence-corrected chi connectivity index (χ1v) is 13.5. The Labute approximate surface area is 226 Å². The number of rotatable bonds is 5. The molecule has 2 aliphatic heterocycles. The normalized spacial score (nSPS) is 33.8. The first-order chi connectivity index (χ1) is 17.2. The first kappa shape index (κ1) is 26.9. The topological polar surface area (TPSA) is 93.6 Å². The van der Waals surface area contributed by atoms with Crippen molar-refractivity contribution in [3.8, 4) is 0 Å². The second-order valence-corrected chi connectivity index (χ2v) is 13.3. The largest absolute Gasteiger partial charge is 0.390 e. The molecule has 5 rings (SSSR count). The lowest BCUT2D eigenvalue weighted by Gasteiger charge is -2.43. The molecular formula is C28H34Cl2FN3O3. The van der Waals surface area contributed by atoms with E-state index in [9.17, 15) is 15.0 Å². The van der Waals surface area contributed by atoms with Crippen molar-refractivity contribution < 1.29 is 19.4 Å². The number of halogens is 3. The average molecular weight is 551 g/mol. The summed E-state index contributed by atoms with van der Waals surface area (Å²) >= 11 is 12.6. The van der Waals surface area contributed by atoms with Crippen LogP contribution < -0.4 is 16.0 Å². The molecule has 1 saturated heterocycles. The van der Waals surface area contributed by atoms with Crippen LogP contribution >= 0.6 is 23.2 Å². The van der Waals surface area contributed by atoms with Crippen molar-refractivity contribution in [3.63, 3.8) is 0 Å². The number of hydrogen-bond acceptors (Lipinski definition) is 5. The van der Waals surface area contributed by atoms with Gasteiger partial charge in [-0.25, -0.2) is 4.39 Å². The number of benzene rings is 2. The highest BCUT2D eigenvalue weighted by molar-refractivity contribution is 6.31. The predicted octanol–water partition coefficient (Wildman–Crippen LogP) is 4.70. The van der Waals surface area contributed by atoms with Gasteiger partial charge in [0.1, 0.15) is 17.5 Å². The minimum Gasteiger partial charge on any atom is -0.390 e. The van der Waals surface area contributed by atoms with Gasteiger partial charge in [-0.05, 0) is 73.1 Å². The maximum absolute atomic E-state index is 15.6. The van der Waals surface area contributed by atoms with Crippen molar-refractivity contribution in [2.75, 3.05) is 5.32 Å². The number of anilines is 1. The number of aliphatic hydroxyl groups excluding tert-OH is 1. The Morgan fingerprint density at radius 1 is 1.16 bits per heavy atom. The third-order valence-electron chi connectivity index (χ3n) is 8.07. The van der Waals surface area contributed by atoms with E-state index in [4.69, 9.17) is 23.2 Å². The molecule has 200 valence electrons. The van der Waals surface area contributed by atoms with Crippen LogP contribution in [0.5, 0.6) is 0 Å². The SMILES string of the molecule is CC(C)(C)C[C@@H]1N[C@@H](C(O)NC2CC(C)(O)C2)[C@H](c2cc(Cl)ccc2F)[C@]12C(=O)Nc1cc(Cl)ccc12. The van der Waals surface area contributed by atoms with Gasteiger partial charge >= 0.3 is 0 Å². The number of carbonyl (C=O) groups is 1. The van der Waals surface area contributed by atoms with Crippen LogP contribution in [0.2, 0.25) is 10.0 Å². The number of fused-ring (bicyclic) bond motifs is 2. The number of hydrogen-bond donors (Lipinski definition) is 5. The minimum absolute atomic E-state index is 0.0993. The van der Waals surface area contributed by atoms with Gasteiger partial charge in [-0.15, -0.1) is 0 Å². The van der Waals surface area contributed by atoms with Gasteiger partial charge < -0.3 is 20.8 Å². The minimum atomic E-state index is -1.23. The zero-order valence-electron chi connectivity index (χ0n) is 21.4. The van der Waals surface area contributed by atoms with Gasteiger partial charge in [0.2, 0.25) is 5.91 Å². The molecule has 6 nitrogen and oxygen atoms in total. The van der Waals surface area contributed by atoms with E-state index in [0.29, 0.717) is 40.6 Å². The Morgan fingerprint density at radius 3 is 2.46 bits per heavy atom. The van der Waals surface area contributed by atoms with Gasteiger partial charge in [-0.1, -0.05) is 50.0 Å². The zero-order chi connectivity index (χ0) is 26.9. The summed E-state index contributed by atoms with van der Waals surface area (Å²) in [6.07, 6.45) is 0.453. The highest BCUT2D eigenvalue weighted by atomic mass is 35.5. The number of carbonyl (C=O) groups excluding carboxylic acids is 1. The van der Waals surface area contributed by atoms with Crippen LogP contribution in [0.25, 0.3) is 0 Å². The van der Waals surface area contributed by atoms with E-state index in [1.807, 2.05) is 6.07 Å². The predicted molar refractivity (Wildman–Crippen MR) is 143 cm³/mol. The standard InChI is InChI=1S/C28H34Cl2FN3O3/c1-26(2,3)13-21-28(18-7-5-15(30)10-20(18)33-25(28)36)22(17-9-14(29)6-8-19(17)31)23(34-21)24(35)32-16-11-27(4,37)12-16/h5-10,16,21-24,32,34-35,37H,11-13H2,1-4H3,(H,33,36)/t16?,21-,22-,23+,24?,27?,28+/m0/s1. The Bertz CT molecular complexity index is 1230. The second-order valence-electron chi connectivity index (χ2n) is 12.4. The van der Waals surface area contributed by atoms with Crippen LogP contribution in [0.1, 0.15) is 64.0 Å². The summed E-state index contributed by atoms with van der Waals surface area (Å²) in [7, 11) is 0. The molecule has 0 radical (unpaired) electrons. The lowest BCUT2D eigenvalue weighted by Crippen LogP contribution is -2.59. The van der Waals surface area contributed by atoms with E-state index in [1.165, 1.54) is 12.1 Å². The van der Waals surface area contributed by atoms with Crippen LogP contribution in [-0.2, 0) is 10.2 Å². The van der Waals surface area contributed by atoms with E-state index in [-0.39, 0.29) is 22.9 Å². The monoisotopic (exact) mass is 549 g/mol. The zero-order valence-corrected chi connectivity index (χ0v) is 22.9. The molecule has 2 aromatic carbocycles. The first-order valence-electron chi connectivity index (χ1n) is 12.7. The number of nitrogens with one attached hydrogen (secondary N) is 3. The van der Waals surface area contributed by atoms with E-state index >= 15 is 4.39 Å². The van der Waals surface area contributed by atoms with Gasteiger partial charge in [0.05, 0.1) is 11.6 Å². The molecule has 1 spiro atoms. The van der Waals surface area contributed by atoms with Gasteiger partial charge in [-0.3, -0.25) is 10.1 Å². The fourth-order valence-electron chi connectivity index (χ4n) is 6.71. The van der Waals surface area contributed by atoms with Crippen LogP contribution in [-0.4, -0.2) is 46.1 Å². The molecular weight excluding hydrogens is 516 g/mol. The smallest absolute Gasteiger partial charge is 0.237 e. The summed E-state index contributed by atoms with van der Waals surface area (Å²) < 4.78 is 15.6. The molecule has 2 aromatic rings. The van der Waals surface area contributed by atoms with Crippen molar-refractivity contribution >= 4 is 34.8 Å². The molecule has 0 aromatic heterocycles. The Kier molecular flexibility index (Phi) is 6.66. The Hall–Kier alpha value is -1.74. The second kappa shape index (κ2) is 9.18. The molecule has 1 unspecified atom stereocenters. The molecule has 1 saturated carbocycles.